The Morgan fingerprint density at radius 2 is 1.68 bits per heavy atom. The van der Waals surface area contributed by atoms with Crippen LogP contribution in [0, 0.1) is 22.6 Å². The first-order chi connectivity index (χ1) is 23.3. The Labute approximate surface area is 310 Å². The maximum absolute atomic E-state index is 7.35. The average molecular weight is 924 g/mol. The summed E-state index contributed by atoms with van der Waals surface area (Å²) in [5.41, 5.74) is 9.13. The van der Waals surface area contributed by atoms with Crippen molar-refractivity contribution in [3.05, 3.63) is 136 Å². The van der Waals surface area contributed by atoms with Crippen LogP contribution in [0.4, 0.5) is 0 Å². The normalized spacial score (nSPS) is 12.5. The molecule has 7 aromatic rings. The summed E-state index contributed by atoms with van der Waals surface area (Å²) >= 11 is 2.38. The van der Waals surface area contributed by atoms with Crippen LogP contribution in [-0.4, -0.2) is 18.0 Å². The van der Waals surface area contributed by atoms with Gasteiger partial charge >= 0.3 is 0 Å². The van der Waals surface area contributed by atoms with Gasteiger partial charge in [0.15, 0.2) is 0 Å². The molecule has 0 bridgehead atoms. The molecule has 3 aromatic heterocycles. The van der Waals surface area contributed by atoms with Gasteiger partial charge in [-0.1, -0.05) is 105 Å². The zero-order valence-corrected chi connectivity index (χ0v) is 32.5. The van der Waals surface area contributed by atoms with Crippen LogP contribution in [-0.2, 0) is 20.1 Å². The van der Waals surface area contributed by atoms with Crippen LogP contribution in [0.25, 0.3) is 55.6 Å². The van der Waals surface area contributed by atoms with E-state index in [4.69, 9.17) is 8.53 Å². The van der Waals surface area contributed by atoms with Gasteiger partial charge in [-0.05, 0) is 74.4 Å². The second-order valence-electron chi connectivity index (χ2n) is 12.7. The number of benzene rings is 4. The third-order valence-corrected chi connectivity index (χ3v) is 11.0. The first-order valence-electron chi connectivity index (χ1n) is 16.9. The van der Waals surface area contributed by atoms with Gasteiger partial charge in [0.25, 0.3) is 0 Å². The summed E-state index contributed by atoms with van der Waals surface area (Å²) in [6.07, 6.45) is 3.79. The van der Waals surface area contributed by atoms with Crippen molar-refractivity contribution >= 4 is 57.8 Å². The van der Waals surface area contributed by atoms with E-state index in [1.54, 1.807) is 12.1 Å². The second-order valence-corrected chi connectivity index (χ2v) is 18.9. The van der Waals surface area contributed by atoms with E-state index in [0.717, 1.165) is 50.0 Å². The molecule has 0 aliphatic carbocycles. The van der Waals surface area contributed by atoms with Crippen LogP contribution >= 0.6 is 22.6 Å². The Balaban J connectivity index is 0.000000204. The summed E-state index contributed by atoms with van der Waals surface area (Å²) in [5.74, 6) is 0.447. The van der Waals surface area contributed by atoms with Crippen LogP contribution in [0.3, 0.4) is 0 Å². The molecule has 0 saturated heterocycles. The van der Waals surface area contributed by atoms with Crippen molar-refractivity contribution in [2.24, 2.45) is 0 Å². The summed E-state index contributed by atoms with van der Waals surface area (Å²) in [6.45, 7) is 9.14. The number of hydrogen-bond acceptors (Lipinski definition) is 3. The first kappa shape index (κ1) is 30.9. The van der Waals surface area contributed by atoms with Crippen LogP contribution in [0.2, 0.25) is 19.6 Å². The zero-order valence-electron chi connectivity index (χ0n) is 30.0. The molecule has 1 radical (unpaired) electrons. The number of nitrogens with zero attached hydrogens (tertiary/aromatic N) is 2. The number of fused-ring (bicyclic) bond motifs is 3. The quantitative estimate of drug-likeness (QED) is 0.0981. The predicted molar refractivity (Wildman–Crippen MR) is 204 cm³/mol. The van der Waals surface area contributed by atoms with Crippen LogP contribution < -0.4 is 5.19 Å². The van der Waals surface area contributed by atoms with Gasteiger partial charge in [-0.3, -0.25) is 0 Å². The minimum absolute atomic E-state index is 0. The van der Waals surface area contributed by atoms with E-state index in [1.165, 1.54) is 26.0 Å². The predicted octanol–water partition coefficient (Wildman–Crippen LogP) is 11.2. The van der Waals surface area contributed by atoms with Crippen LogP contribution in [0.1, 0.15) is 35.0 Å². The van der Waals surface area contributed by atoms with E-state index in [1.807, 2.05) is 24.5 Å². The molecule has 3 heterocycles. The first-order valence-corrected chi connectivity index (χ1v) is 19.9. The maximum atomic E-state index is 7.35. The average Bonchev–Trinajstić information content (AvgIpc) is 3.46. The van der Waals surface area contributed by atoms with Gasteiger partial charge < -0.3 is 14.4 Å². The van der Waals surface area contributed by atoms with Crippen molar-refractivity contribution in [2.45, 2.75) is 46.3 Å². The molecule has 239 valence electrons. The van der Waals surface area contributed by atoms with Crippen molar-refractivity contribution < 1.29 is 28.6 Å². The minimum Gasteiger partial charge on any atom is -0.501 e. The molecule has 0 unspecified atom stereocenters. The van der Waals surface area contributed by atoms with Crippen molar-refractivity contribution in [1.29, 1.82) is 0 Å². The number of rotatable bonds is 5. The molecule has 0 amide bonds. The summed E-state index contributed by atoms with van der Waals surface area (Å²) in [7, 11) is -1.34. The number of hydrogen-bond donors (Lipinski definition) is 0. The topological polar surface area (TPSA) is 38.9 Å². The summed E-state index contributed by atoms with van der Waals surface area (Å²) in [6, 6.07) is 38.5. The third-order valence-electron chi connectivity index (χ3n) is 8.04. The van der Waals surface area contributed by atoms with Gasteiger partial charge in [-0.15, -0.1) is 53.6 Å². The summed E-state index contributed by atoms with van der Waals surface area (Å²) in [4.78, 5) is 9.07. The van der Waals surface area contributed by atoms with Gasteiger partial charge in [0, 0.05) is 45.6 Å². The van der Waals surface area contributed by atoms with E-state index in [-0.39, 0.29) is 20.1 Å². The van der Waals surface area contributed by atoms with Crippen molar-refractivity contribution in [1.82, 2.24) is 9.97 Å². The standard InChI is InChI=1S/C26H19INO.C15H18NSi.Ir/c1-16(2)17-12-13-28-24(14-17)22-8-5-7-21-20-11-10-18(15-25(20)29-26(21)22)19-6-3-4-9-23(19)27;1-12-5-7-13(8-6-12)15-10-9-14(11-16-15)17(2,3)4;/h3-7,9-16H,1-2H3;5-7,9-11H,1-4H3;/q2*-1;/i;1D3;. The fourth-order valence-corrected chi connectivity index (χ4v) is 7.05. The molecule has 0 aliphatic rings. The van der Waals surface area contributed by atoms with Crippen molar-refractivity contribution in [3.8, 4) is 33.6 Å². The SMILES string of the molecule is CC(C)c1ccnc(-c2[c-]ccc3c2oc2cc(-c4ccccc4I)ccc23)c1.[2H]C([2H])([2H])c1c[c-]c(-c2ccc([Si](C)(C)C)cn2)cc1.[Ir]. The Morgan fingerprint density at radius 1 is 0.851 bits per heavy atom. The molecular formula is C41H37IIrN2OSi-2. The summed E-state index contributed by atoms with van der Waals surface area (Å²) < 4.78 is 29.6. The van der Waals surface area contributed by atoms with E-state index < -0.39 is 14.9 Å². The Bertz CT molecular complexity index is 2190. The maximum Gasteiger partial charge on any atom is 0.121 e. The Hall–Kier alpha value is -3.42. The number of pyridine rings is 2. The molecule has 7 rings (SSSR count). The van der Waals surface area contributed by atoms with Crippen LogP contribution in [0.5, 0.6) is 0 Å². The number of aromatic nitrogens is 2. The van der Waals surface area contributed by atoms with E-state index in [9.17, 15) is 0 Å². The van der Waals surface area contributed by atoms with E-state index in [2.05, 4.69) is 145 Å². The second kappa shape index (κ2) is 14.8. The molecule has 0 spiro atoms. The molecule has 3 nitrogen and oxygen atoms in total. The molecular weight excluding hydrogens is 884 g/mol. The number of aryl methyl sites for hydroxylation is 1. The Morgan fingerprint density at radius 3 is 2.36 bits per heavy atom. The molecule has 0 N–H and O–H groups in total. The molecule has 0 fully saturated rings. The fourth-order valence-electron chi connectivity index (χ4n) is 5.32. The third kappa shape index (κ3) is 7.84. The largest absolute Gasteiger partial charge is 0.501 e. The minimum atomic E-state index is -2.08. The van der Waals surface area contributed by atoms with Gasteiger partial charge in [-0.25, -0.2) is 0 Å². The molecule has 4 aromatic carbocycles. The zero-order chi connectivity index (χ0) is 34.9. The Kier molecular flexibility index (Phi) is 9.71. The van der Waals surface area contributed by atoms with Crippen LogP contribution in [0.15, 0.2) is 114 Å². The fraction of sp³-hybridized carbons (Fsp3) is 0.171. The molecule has 0 saturated carbocycles. The van der Waals surface area contributed by atoms with Gasteiger partial charge in [0.2, 0.25) is 0 Å². The van der Waals surface area contributed by atoms with E-state index >= 15 is 0 Å². The summed E-state index contributed by atoms with van der Waals surface area (Å²) in [5, 5.41) is 3.52. The number of halogens is 1. The smallest absolute Gasteiger partial charge is 0.121 e. The van der Waals surface area contributed by atoms with Crippen molar-refractivity contribution in [2.75, 3.05) is 0 Å². The number of furan rings is 1. The van der Waals surface area contributed by atoms with E-state index in [0.29, 0.717) is 11.5 Å². The molecule has 0 aliphatic heterocycles. The van der Waals surface area contributed by atoms with Gasteiger partial charge in [0.05, 0.1) is 13.7 Å². The van der Waals surface area contributed by atoms with Crippen molar-refractivity contribution in [3.63, 3.8) is 0 Å². The molecule has 0 atom stereocenters. The van der Waals surface area contributed by atoms with Gasteiger partial charge in [0.1, 0.15) is 5.58 Å². The molecule has 6 heteroatoms. The monoisotopic (exact) mass is 924 g/mol. The van der Waals surface area contributed by atoms with Gasteiger partial charge in [-0.2, -0.15) is 0 Å². The molecule has 47 heavy (non-hydrogen) atoms.